The zero-order valence-corrected chi connectivity index (χ0v) is 8.00. The van der Waals surface area contributed by atoms with Gasteiger partial charge >= 0.3 is 0 Å². The SMILES string of the molecule is Cc1cc(N)c2nc(C)c(C)n2n1. The summed E-state index contributed by atoms with van der Waals surface area (Å²) in [6, 6.07) is 1.83. The highest BCUT2D eigenvalue weighted by molar-refractivity contribution is 5.65. The molecule has 2 heterocycles. The van der Waals surface area contributed by atoms with E-state index in [4.69, 9.17) is 5.73 Å². The van der Waals surface area contributed by atoms with E-state index in [-0.39, 0.29) is 0 Å². The lowest BCUT2D eigenvalue weighted by molar-refractivity contribution is 0.869. The summed E-state index contributed by atoms with van der Waals surface area (Å²) in [5.41, 5.74) is 10.2. The summed E-state index contributed by atoms with van der Waals surface area (Å²) in [6.07, 6.45) is 0. The van der Waals surface area contributed by atoms with Crippen LogP contribution in [0.25, 0.3) is 5.65 Å². The second kappa shape index (κ2) is 2.45. The molecule has 0 bridgehead atoms. The third-order valence-electron chi connectivity index (χ3n) is 2.20. The van der Waals surface area contributed by atoms with Crippen LogP contribution in [0.2, 0.25) is 0 Å². The molecule has 2 aromatic heterocycles. The van der Waals surface area contributed by atoms with Crippen molar-refractivity contribution < 1.29 is 0 Å². The number of aromatic nitrogens is 3. The molecule has 0 aliphatic rings. The van der Waals surface area contributed by atoms with E-state index in [0.717, 1.165) is 22.7 Å². The largest absolute Gasteiger partial charge is 0.396 e. The molecule has 2 rings (SSSR count). The zero-order chi connectivity index (χ0) is 9.59. The summed E-state index contributed by atoms with van der Waals surface area (Å²) in [6.45, 7) is 5.87. The Labute approximate surface area is 76.4 Å². The van der Waals surface area contributed by atoms with Gasteiger partial charge in [-0.25, -0.2) is 9.50 Å². The predicted octanol–water partition coefficient (Wildman–Crippen LogP) is 1.24. The van der Waals surface area contributed by atoms with Gasteiger partial charge < -0.3 is 5.73 Å². The first kappa shape index (κ1) is 8.04. The van der Waals surface area contributed by atoms with Crippen molar-refractivity contribution in [3.05, 3.63) is 23.1 Å². The topological polar surface area (TPSA) is 56.2 Å². The normalized spacial score (nSPS) is 11.0. The number of aryl methyl sites for hydroxylation is 3. The van der Waals surface area contributed by atoms with Gasteiger partial charge in [-0.3, -0.25) is 0 Å². The minimum absolute atomic E-state index is 0.684. The average molecular weight is 176 g/mol. The van der Waals surface area contributed by atoms with Gasteiger partial charge in [-0.15, -0.1) is 0 Å². The van der Waals surface area contributed by atoms with E-state index in [0.29, 0.717) is 5.69 Å². The number of imidazole rings is 1. The van der Waals surface area contributed by atoms with E-state index < -0.39 is 0 Å². The van der Waals surface area contributed by atoms with Crippen LogP contribution in [0, 0.1) is 20.8 Å². The Morgan fingerprint density at radius 1 is 1.31 bits per heavy atom. The number of nitrogen functional groups attached to an aromatic ring is 1. The van der Waals surface area contributed by atoms with Crippen LogP contribution in [0.15, 0.2) is 6.07 Å². The van der Waals surface area contributed by atoms with Crippen LogP contribution < -0.4 is 5.73 Å². The molecule has 2 N–H and O–H groups in total. The molecule has 0 aliphatic carbocycles. The van der Waals surface area contributed by atoms with Crippen LogP contribution in [-0.2, 0) is 0 Å². The third-order valence-corrected chi connectivity index (χ3v) is 2.20. The Kier molecular flexibility index (Phi) is 1.52. The summed E-state index contributed by atoms with van der Waals surface area (Å²) in [7, 11) is 0. The minimum Gasteiger partial charge on any atom is -0.396 e. The van der Waals surface area contributed by atoms with Gasteiger partial charge in [-0.05, 0) is 26.8 Å². The van der Waals surface area contributed by atoms with Crippen molar-refractivity contribution in [2.45, 2.75) is 20.8 Å². The van der Waals surface area contributed by atoms with Crippen molar-refractivity contribution in [3.63, 3.8) is 0 Å². The van der Waals surface area contributed by atoms with Crippen molar-refractivity contribution in [3.8, 4) is 0 Å². The summed E-state index contributed by atoms with van der Waals surface area (Å²) in [5, 5.41) is 4.33. The van der Waals surface area contributed by atoms with Crippen LogP contribution in [0.5, 0.6) is 0 Å². The van der Waals surface area contributed by atoms with Crippen LogP contribution in [0.3, 0.4) is 0 Å². The second-order valence-electron chi connectivity index (χ2n) is 3.26. The van der Waals surface area contributed by atoms with E-state index >= 15 is 0 Å². The first-order valence-electron chi connectivity index (χ1n) is 4.18. The fraction of sp³-hybridized carbons (Fsp3) is 0.333. The van der Waals surface area contributed by atoms with Crippen LogP contribution >= 0.6 is 0 Å². The maximum absolute atomic E-state index is 5.82. The quantitative estimate of drug-likeness (QED) is 0.657. The summed E-state index contributed by atoms with van der Waals surface area (Å²) < 4.78 is 1.79. The van der Waals surface area contributed by atoms with Gasteiger partial charge in [0, 0.05) is 0 Å². The molecule has 0 saturated carbocycles. The molecule has 0 saturated heterocycles. The molecule has 0 spiro atoms. The fourth-order valence-corrected chi connectivity index (χ4v) is 1.38. The first-order chi connectivity index (χ1) is 6.09. The number of hydrogen-bond acceptors (Lipinski definition) is 3. The van der Waals surface area contributed by atoms with Gasteiger partial charge in [0.25, 0.3) is 0 Å². The van der Waals surface area contributed by atoms with Gasteiger partial charge in [-0.1, -0.05) is 0 Å². The number of nitrogens with two attached hydrogens (primary N) is 1. The van der Waals surface area contributed by atoms with Crippen LogP contribution in [-0.4, -0.2) is 14.6 Å². The standard InChI is InChI=1S/C9H12N4/c1-5-4-8(10)9-11-6(2)7(3)13(9)12-5/h4H,10H2,1-3H3. The highest BCUT2D eigenvalue weighted by Gasteiger charge is 2.08. The molecule has 0 unspecified atom stereocenters. The van der Waals surface area contributed by atoms with Gasteiger partial charge in [0.15, 0.2) is 5.65 Å². The smallest absolute Gasteiger partial charge is 0.177 e. The molecule has 4 nitrogen and oxygen atoms in total. The lowest BCUT2D eigenvalue weighted by Gasteiger charge is -1.99. The summed E-state index contributed by atoms with van der Waals surface area (Å²) in [5.74, 6) is 0. The molecule has 0 amide bonds. The predicted molar refractivity (Wildman–Crippen MR) is 51.6 cm³/mol. The van der Waals surface area contributed by atoms with E-state index in [9.17, 15) is 0 Å². The maximum Gasteiger partial charge on any atom is 0.177 e. The number of rotatable bonds is 0. The van der Waals surface area contributed by atoms with Crippen molar-refractivity contribution in [2.75, 3.05) is 5.73 Å². The Morgan fingerprint density at radius 3 is 2.69 bits per heavy atom. The molecule has 0 fully saturated rings. The fourth-order valence-electron chi connectivity index (χ4n) is 1.38. The van der Waals surface area contributed by atoms with Gasteiger partial charge in [-0.2, -0.15) is 5.10 Å². The molecule has 2 aromatic rings. The number of anilines is 1. The van der Waals surface area contributed by atoms with Crippen molar-refractivity contribution >= 4 is 11.3 Å². The van der Waals surface area contributed by atoms with Crippen LogP contribution in [0.1, 0.15) is 17.1 Å². The van der Waals surface area contributed by atoms with E-state index in [1.807, 2.05) is 26.8 Å². The van der Waals surface area contributed by atoms with Crippen molar-refractivity contribution in [1.82, 2.24) is 14.6 Å². The molecular formula is C9H12N4. The highest BCUT2D eigenvalue weighted by Crippen LogP contribution is 2.15. The molecule has 0 aliphatic heterocycles. The molecular weight excluding hydrogens is 164 g/mol. The Balaban J connectivity index is 2.94. The Morgan fingerprint density at radius 2 is 2.00 bits per heavy atom. The lowest BCUT2D eigenvalue weighted by atomic mass is 10.4. The molecule has 13 heavy (non-hydrogen) atoms. The van der Waals surface area contributed by atoms with Gasteiger partial charge in [0.2, 0.25) is 0 Å². The molecule has 0 aromatic carbocycles. The first-order valence-corrected chi connectivity index (χ1v) is 4.18. The summed E-state index contributed by atoms with van der Waals surface area (Å²) in [4.78, 5) is 4.33. The number of fused-ring (bicyclic) bond motifs is 1. The molecule has 4 heteroatoms. The summed E-state index contributed by atoms with van der Waals surface area (Å²) >= 11 is 0. The molecule has 0 atom stereocenters. The zero-order valence-electron chi connectivity index (χ0n) is 8.00. The van der Waals surface area contributed by atoms with Crippen molar-refractivity contribution in [1.29, 1.82) is 0 Å². The number of hydrogen-bond donors (Lipinski definition) is 1. The van der Waals surface area contributed by atoms with Crippen LogP contribution in [0.4, 0.5) is 5.69 Å². The van der Waals surface area contributed by atoms with E-state index in [1.165, 1.54) is 0 Å². The Bertz CT molecular complexity index is 470. The Hall–Kier alpha value is -1.58. The lowest BCUT2D eigenvalue weighted by Crippen LogP contribution is -2.00. The van der Waals surface area contributed by atoms with Gasteiger partial charge in [0.1, 0.15) is 0 Å². The van der Waals surface area contributed by atoms with Gasteiger partial charge in [0.05, 0.1) is 22.8 Å². The highest BCUT2D eigenvalue weighted by atomic mass is 15.3. The van der Waals surface area contributed by atoms with Crippen molar-refractivity contribution in [2.24, 2.45) is 0 Å². The molecule has 0 radical (unpaired) electrons. The van der Waals surface area contributed by atoms with E-state index in [2.05, 4.69) is 10.1 Å². The van der Waals surface area contributed by atoms with E-state index in [1.54, 1.807) is 4.52 Å². The molecule has 68 valence electrons. The minimum atomic E-state index is 0.684. The number of nitrogens with zero attached hydrogens (tertiary/aromatic N) is 3. The second-order valence-corrected chi connectivity index (χ2v) is 3.26. The monoisotopic (exact) mass is 176 g/mol. The maximum atomic E-state index is 5.82. The third kappa shape index (κ3) is 1.06. The average Bonchev–Trinajstić information content (AvgIpc) is 2.32.